The van der Waals surface area contributed by atoms with E-state index in [0.29, 0.717) is 12.5 Å². The van der Waals surface area contributed by atoms with Crippen LogP contribution in [-0.4, -0.2) is 9.55 Å². The number of benzene rings is 1. The Labute approximate surface area is 109 Å². The van der Waals surface area contributed by atoms with Gasteiger partial charge in [0, 0.05) is 25.5 Å². The molecule has 1 aromatic carbocycles. The van der Waals surface area contributed by atoms with E-state index in [1.165, 1.54) is 12.1 Å². The van der Waals surface area contributed by atoms with Crippen molar-refractivity contribution >= 4 is 5.95 Å². The summed E-state index contributed by atoms with van der Waals surface area (Å²) in [4.78, 5) is 4.06. The number of halogens is 3. The summed E-state index contributed by atoms with van der Waals surface area (Å²) in [6.07, 6.45) is -0.946. The summed E-state index contributed by atoms with van der Waals surface area (Å²) < 4.78 is 40.3. The molecule has 0 spiro atoms. The zero-order valence-corrected chi connectivity index (χ0v) is 10.4. The van der Waals surface area contributed by atoms with Gasteiger partial charge in [0.2, 0.25) is 5.95 Å². The maximum absolute atomic E-state index is 12.8. The second kappa shape index (κ2) is 5.34. The van der Waals surface area contributed by atoms with Crippen molar-refractivity contribution < 1.29 is 13.2 Å². The second-order valence-electron chi connectivity index (χ2n) is 4.05. The Hall–Kier alpha value is -1.98. The lowest BCUT2D eigenvalue weighted by molar-refractivity contribution is -0.138. The maximum atomic E-state index is 12.8. The van der Waals surface area contributed by atoms with Crippen molar-refractivity contribution in [3.8, 4) is 0 Å². The Morgan fingerprint density at radius 1 is 1.26 bits per heavy atom. The van der Waals surface area contributed by atoms with Gasteiger partial charge in [-0.2, -0.15) is 13.2 Å². The zero-order chi connectivity index (χ0) is 13.9. The fourth-order valence-electron chi connectivity index (χ4n) is 1.86. The predicted molar refractivity (Wildman–Crippen MR) is 66.7 cm³/mol. The first kappa shape index (κ1) is 13.5. The molecule has 0 aliphatic carbocycles. The van der Waals surface area contributed by atoms with Crippen LogP contribution in [0.5, 0.6) is 0 Å². The topological polar surface area (TPSA) is 29.9 Å². The quantitative estimate of drug-likeness (QED) is 0.920. The third-order valence-corrected chi connectivity index (χ3v) is 2.82. The van der Waals surface area contributed by atoms with Gasteiger partial charge >= 0.3 is 6.18 Å². The van der Waals surface area contributed by atoms with Gasteiger partial charge in [0.1, 0.15) is 0 Å². The molecule has 6 heteroatoms. The minimum absolute atomic E-state index is 0.0900. The SMILES string of the molecule is CCn1ccnc1NCc1ccccc1C(F)(F)F. The van der Waals surface area contributed by atoms with Crippen LogP contribution in [0.25, 0.3) is 0 Å². The van der Waals surface area contributed by atoms with Crippen LogP contribution in [0.4, 0.5) is 19.1 Å². The first-order valence-corrected chi connectivity index (χ1v) is 5.92. The molecular weight excluding hydrogens is 255 g/mol. The van der Waals surface area contributed by atoms with E-state index in [9.17, 15) is 13.2 Å². The van der Waals surface area contributed by atoms with Crippen molar-refractivity contribution in [2.45, 2.75) is 26.2 Å². The molecule has 0 aliphatic rings. The fraction of sp³-hybridized carbons (Fsp3) is 0.308. The second-order valence-corrected chi connectivity index (χ2v) is 4.05. The van der Waals surface area contributed by atoms with E-state index >= 15 is 0 Å². The van der Waals surface area contributed by atoms with Crippen LogP contribution >= 0.6 is 0 Å². The molecule has 0 atom stereocenters. The molecule has 2 aromatic rings. The van der Waals surface area contributed by atoms with E-state index in [4.69, 9.17) is 0 Å². The van der Waals surface area contributed by atoms with E-state index < -0.39 is 11.7 Å². The number of hydrogen-bond acceptors (Lipinski definition) is 2. The molecule has 102 valence electrons. The van der Waals surface area contributed by atoms with Crippen LogP contribution in [0.3, 0.4) is 0 Å². The molecule has 0 bridgehead atoms. The van der Waals surface area contributed by atoms with Crippen LogP contribution < -0.4 is 5.32 Å². The largest absolute Gasteiger partial charge is 0.416 e. The van der Waals surface area contributed by atoms with Crippen LogP contribution in [0.15, 0.2) is 36.7 Å². The highest BCUT2D eigenvalue weighted by Gasteiger charge is 2.32. The van der Waals surface area contributed by atoms with Gasteiger partial charge in [0.25, 0.3) is 0 Å². The fourth-order valence-corrected chi connectivity index (χ4v) is 1.86. The Kier molecular flexibility index (Phi) is 3.78. The summed E-state index contributed by atoms with van der Waals surface area (Å²) in [7, 11) is 0. The van der Waals surface area contributed by atoms with Gasteiger partial charge in [-0.05, 0) is 18.6 Å². The van der Waals surface area contributed by atoms with E-state index in [0.717, 1.165) is 6.07 Å². The highest BCUT2D eigenvalue weighted by molar-refractivity contribution is 5.34. The lowest BCUT2D eigenvalue weighted by Crippen LogP contribution is -2.13. The Morgan fingerprint density at radius 2 is 2.00 bits per heavy atom. The standard InChI is InChI=1S/C13H14F3N3/c1-2-19-8-7-17-12(19)18-9-10-5-3-4-6-11(10)13(14,15)16/h3-8H,2,9H2,1H3,(H,17,18). The molecule has 1 aromatic heterocycles. The number of nitrogens with one attached hydrogen (secondary N) is 1. The molecule has 0 radical (unpaired) electrons. The van der Waals surface area contributed by atoms with Crippen molar-refractivity contribution in [3.05, 3.63) is 47.8 Å². The van der Waals surface area contributed by atoms with E-state index in [1.807, 2.05) is 11.5 Å². The first-order valence-electron chi connectivity index (χ1n) is 5.92. The van der Waals surface area contributed by atoms with Crippen molar-refractivity contribution in [1.29, 1.82) is 0 Å². The molecule has 0 aliphatic heterocycles. The summed E-state index contributed by atoms with van der Waals surface area (Å²) >= 11 is 0. The van der Waals surface area contributed by atoms with Crippen molar-refractivity contribution in [2.24, 2.45) is 0 Å². The molecule has 0 amide bonds. The monoisotopic (exact) mass is 269 g/mol. The van der Waals surface area contributed by atoms with Gasteiger partial charge in [-0.1, -0.05) is 18.2 Å². The van der Waals surface area contributed by atoms with E-state index in [-0.39, 0.29) is 12.1 Å². The third kappa shape index (κ3) is 3.07. The molecule has 0 saturated heterocycles. The van der Waals surface area contributed by atoms with E-state index in [2.05, 4.69) is 10.3 Å². The summed E-state index contributed by atoms with van der Waals surface area (Å²) in [6.45, 7) is 2.74. The minimum atomic E-state index is -4.33. The number of imidazole rings is 1. The lowest BCUT2D eigenvalue weighted by Gasteiger charge is -2.14. The number of aryl methyl sites for hydroxylation is 1. The minimum Gasteiger partial charge on any atom is -0.352 e. The average molecular weight is 269 g/mol. The number of hydrogen-bond donors (Lipinski definition) is 1. The Morgan fingerprint density at radius 3 is 2.68 bits per heavy atom. The summed E-state index contributed by atoms with van der Waals surface area (Å²) in [5.41, 5.74) is -0.405. The van der Waals surface area contributed by atoms with Crippen molar-refractivity contribution in [2.75, 3.05) is 5.32 Å². The lowest BCUT2D eigenvalue weighted by atomic mass is 10.1. The van der Waals surface area contributed by atoms with Gasteiger partial charge in [-0.15, -0.1) is 0 Å². The summed E-state index contributed by atoms with van der Waals surface area (Å²) in [5, 5.41) is 2.92. The molecule has 3 nitrogen and oxygen atoms in total. The first-order chi connectivity index (χ1) is 9.02. The molecule has 2 rings (SSSR count). The molecule has 1 N–H and O–H groups in total. The highest BCUT2D eigenvalue weighted by Crippen LogP contribution is 2.32. The summed E-state index contributed by atoms with van der Waals surface area (Å²) in [6, 6.07) is 5.54. The molecule has 0 fully saturated rings. The van der Waals surface area contributed by atoms with Crippen LogP contribution in [-0.2, 0) is 19.3 Å². The predicted octanol–water partition coefficient (Wildman–Crippen LogP) is 3.53. The van der Waals surface area contributed by atoms with Crippen LogP contribution in [0.1, 0.15) is 18.1 Å². The van der Waals surface area contributed by atoms with Crippen molar-refractivity contribution in [1.82, 2.24) is 9.55 Å². The van der Waals surface area contributed by atoms with Gasteiger partial charge in [-0.3, -0.25) is 0 Å². The molecule has 19 heavy (non-hydrogen) atoms. The smallest absolute Gasteiger partial charge is 0.352 e. The average Bonchev–Trinajstić information content (AvgIpc) is 2.83. The van der Waals surface area contributed by atoms with Crippen LogP contribution in [0.2, 0.25) is 0 Å². The maximum Gasteiger partial charge on any atom is 0.416 e. The zero-order valence-electron chi connectivity index (χ0n) is 10.4. The van der Waals surface area contributed by atoms with Gasteiger partial charge in [0.05, 0.1) is 5.56 Å². The van der Waals surface area contributed by atoms with Crippen molar-refractivity contribution in [3.63, 3.8) is 0 Å². The normalized spacial score (nSPS) is 11.6. The molecular formula is C13H14F3N3. The highest BCUT2D eigenvalue weighted by atomic mass is 19.4. The van der Waals surface area contributed by atoms with Gasteiger partial charge < -0.3 is 9.88 Å². The van der Waals surface area contributed by atoms with Crippen LogP contribution in [0, 0.1) is 0 Å². The number of aromatic nitrogens is 2. The number of nitrogens with zero attached hydrogens (tertiary/aromatic N) is 2. The number of alkyl halides is 3. The van der Waals surface area contributed by atoms with E-state index in [1.54, 1.807) is 18.5 Å². The molecule has 0 saturated carbocycles. The number of rotatable bonds is 4. The Bertz CT molecular complexity index is 546. The number of anilines is 1. The van der Waals surface area contributed by atoms with Gasteiger partial charge in [0.15, 0.2) is 0 Å². The summed E-state index contributed by atoms with van der Waals surface area (Å²) in [5.74, 6) is 0.569. The molecule has 1 heterocycles. The Balaban J connectivity index is 2.16. The third-order valence-electron chi connectivity index (χ3n) is 2.82. The van der Waals surface area contributed by atoms with Gasteiger partial charge in [-0.25, -0.2) is 4.98 Å². The molecule has 0 unspecified atom stereocenters.